The molecule has 1 aromatic rings. The summed E-state index contributed by atoms with van der Waals surface area (Å²) < 4.78 is 0. The Bertz CT molecular complexity index is 235. The zero-order chi connectivity index (χ0) is 8.27. The zero-order valence-electron chi connectivity index (χ0n) is 6.54. The van der Waals surface area contributed by atoms with Gasteiger partial charge in [0, 0.05) is 11.7 Å². The van der Waals surface area contributed by atoms with Crippen molar-refractivity contribution < 1.29 is 0 Å². The van der Waals surface area contributed by atoms with E-state index in [4.69, 9.17) is 11.6 Å². The maximum atomic E-state index is 5.70. The molecule has 1 unspecified atom stereocenters. The normalized spacial score (nSPS) is 12.9. The van der Waals surface area contributed by atoms with Gasteiger partial charge in [0.25, 0.3) is 0 Å². The molecule has 0 aromatic heterocycles. The van der Waals surface area contributed by atoms with Crippen molar-refractivity contribution >= 4 is 5.69 Å². The van der Waals surface area contributed by atoms with Crippen molar-refractivity contribution in [2.75, 3.05) is 5.73 Å². The lowest BCUT2D eigenvalue weighted by atomic mass is 10.1. The fourth-order valence-electron chi connectivity index (χ4n) is 0.995. The van der Waals surface area contributed by atoms with Gasteiger partial charge >= 0.3 is 0 Å². The minimum atomic E-state index is 0.108. The maximum absolute atomic E-state index is 5.70. The van der Waals surface area contributed by atoms with Crippen LogP contribution in [0.25, 0.3) is 0 Å². The Morgan fingerprint density at radius 1 is 1.36 bits per heavy atom. The highest BCUT2D eigenvalue weighted by Gasteiger charge is 2.04. The van der Waals surface area contributed by atoms with Gasteiger partial charge in [-0.15, -0.1) is 0 Å². The van der Waals surface area contributed by atoms with Gasteiger partial charge in [0.2, 0.25) is 0 Å². The topological polar surface area (TPSA) is 64.1 Å². The van der Waals surface area contributed by atoms with E-state index in [1.165, 1.54) is 0 Å². The quantitative estimate of drug-likeness (QED) is 0.332. The monoisotopic (exact) mass is 151 g/mol. The SMILES string of the molecule is CC(NN)c1ccccc1N. The smallest absolute Gasteiger partial charge is 0.0452 e. The largest absolute Gasteiger partial charge is 0.398 e. The van der Waals surface area contributed by atoms with Crippen molar-refractivity contribution in [1.82, 2.24) is 5.43 Å². The standard InChI is InChI=1S/C8H13N3/c1-6(11-10)7-4-2-3-5-8(7)9/h2-6,11H,9-10H2,1H3. The van der Waals surface area contributed by atoms with Gasteiger partial charge in [-0.05, 0) is 18.6 Å². The lowest BCUT2D eigenvalue weighted by Gasteiger charge is -2.11. The highest BCUT2D eigenvalue weighted by Crippen LogP contribution is 2.17. The van der Waals surface area contributed by atoms with Crippen LogP contribution in [0.15, 0.2) is 24.3 Å². The first-order valence-corrected chi connectivity index (χ1v) is 3.56. The molecule has 0 saturated carbocycles. The maximum Gasteiger partial charge on any atom is 0.0452 e. The Morgan fingerprint density at radius 2 is 2.00 bits per heavy atom. The minimum Gasteiger partial charge on any atom is -0.398 e. The van der Waals surface area contributed by atoms with Gasteiger partial charge in [-0.1, -0.05) is 18.2 Å². The summed E-state index contributed by atoms with van der Waals surface area (Å²) in [6.07, 6.45) is 0. The van der Waals surface area contributed by atoms with E-state index in [0.717, 1.165) is 11.3 Å². The van der Waals surface area contributed by atoms with Gasteiger partial charge in [-0.25, -0.2) is 0 Å². The van der Waals surface area contributed by atoms with Crippen LogP contribution in [0.1, 0.15) is 18.5 Å². The number of anilines is 1. The Hall–Kier alpha value is -1.06. The molecule has 0 aliphatic carbocycles. The zero-order valence-corrected chi connectivity index (χ0v) is 6.54. The van der Waals surface area contributed by atoms with Crippen LogP contribution >= 0.6 is 0 Å². The van der Waals surface area contributed by atoms with Gasteiger partial charge in [0.15, 0.2) is 0 Å². The predicted molar refractivity (Wildman–Crippen MR) is 46.6 cm³/mol. The molecule has 5 N–H and O–H groups in total. The van der Waals surface area contributed by atoms with Gasteiger partial charge in [0.1, 0.15) is 0 Å². The molecule has 0 heterocycles. The molecule has 3 nitrogen and oxygen atoms in total. The molecule has 0 aliphatic rings. The van der Waals surface area contributed by atoms with E-state index in [9.17, 15) is 0 Å². The number of nitrogens with two attached hydrogens (primary N) is 2. The highest BCUT2D eigenvalue weighted by atomic mass is 15.2. The number of nitrogen functional groups attached to an aromatic ring is 1. The van der Waals surface area contributed by atoms with Crippen LogP contribution in [0.4, 0.5) is 5.69 Å². The van der Waals surface area contributed by atoms with Crippen molar-refractivity contribution in [3.8, 4) is 0 Å². The Morgan fingerprint density at radius 3 is 2.55 bits per heavy atom. The number of hydrogen-bond donors (Lipinski definition) is 3. The third kappa shape index (κ3) is 1.69. The van der Waals surface area contributed by atoms with Crippen LogP contribution in [0.3, 0.4) is 0 Å². The number of benzene rings is 1. The molecule has 0 aliphatic heterocycles. The van der Waals surface area contributed by atoms with Crippen molar-refractivity contribution in [1.29, 1.82) is 0 Å². The second-order valence-electron chi connectivity index (χ2n) is 2.52. The van der Waals surface area contributed by atoms with Crippen LogP contribution < -0.4 is 17.0 Å². The van der Waals surface area contributed by atoms with E-state index in [2.05, 4.69) is 5.43 Å². The van der Waals surface area contributed by atoms with Crippen LogP contribution in [-0.4, -0.2) is 0 Å². The third-order valence-corrected chi connectivity index (χ3v) is 1.71. The van der Waals surface area contributed by atoms with Crippen molar-refractivity contribution in [3.05, 3.63) is 29.8 Å². The molecule has 1 rings (SSSR count). The molecule has 1 aromatic carbocycles. The Kier molecular flexibility index (Phi) is 2.46. The summed E-state index contributed by atoms with van der Waals surface area (Å²) in [5, 5.41) is 0. The van der Waals surface area contributed by atoms with E-state index < -0.39 is 0 Å². The number of hydrogen-bond acceptors (Lipinski definition) is 3. The number of hydrazine groups is 1. The Labute approximate surface area is 66.4 Å². The molecule has 60 valence electrons. The molecule has 3 heteroatoms. The molecule has 0 amide bonds. The van der Waals surface area contributed by atoms with E-state index in [1.807, 2.05) is 31.2 Å². The minimum absolute atomic E-state index is 0.108. The van der Waals surface area contributed by atoms with Crippen molar-refractivity contribution in [2.24, 2.45) is 5.84 Å². The number of rotatable bonds is 2. The van der Waals surface area contributed by atoms with Gasteiger partial charge in [0.05, 0.1) is 0 Å². The molecule has 11 heavy (non-hydrogen) atoms. The van der Waals surface area contributed by atoms with Crippen LogP contribution in [0.2, 0.25) is 0 Å². The van der Waals surface area contributed by atoms with E-state index in [0.29, 0.717) is 0 Å². The first-order chi connectivity index (χ1) is 5.25. The average molecular weight is 151 g/mol. The summed E-state index contributed by atoms with van der Waals surface area (Å²) in [6, 6.07) is 7.78. The van der Waals surface area contributed by atoms with Gasteiger partial charge in [-0.3, -0.25) is 11.3 Å². The molecule has 0 spiro atoms. The first kappa shape index (κ1) is 8.04. The van der Waals surface area contributed by atoms with E-state index >= 15 is 0 Å². The third-order valence-electron chi connectivity index (χ3n) is 1.71. The first-order valence-electron chi connectivity index (χ1n) is 3.56. The fourth-order valence-corrected chi connectivity index (χ4v) is 0.995. The van der Waals surface area contributed by atoms with Crippen LogP contribution in [-0.2, 0) is 0 Å². The lowest BCUT2D eigenvalue weighted by Crippen LogP contribution is -2.26. The fraction of sp³-hybridized carbons (Fsp3) is 0.250. The predicted octanol–water partition coefficient (Wildman–Crippen LogP) is 0.793. The summed E-state index contributed by atoms with van der Waals surface area (Å²) in [7, 11) is 0. The van der Waals surface area contributed by atoms with Crippen molar-refractivity contribution in [3.63, 3.8) is 0 Å². The molecule has 0 radical (unpaired) electrons. The summed E-state index contributed by atoms with van der Waals surface area (Å²) in [5.74, 6) is 5.27. The summed E-state index contributed by atoms with van der Waals surface area (Å²) in [5.41, 5.74) is 10.2. The number of nitrogens with one attached hydrogen (secondary N) is 1. The second kappa shape index (κ2) is 3.37. The Balaban J connectivity index is 2.93. The van der Waals surface area contributed by atoms with E-state index in [1.54, 1.807) is 0 Å². The van der Waals surface area contributed by atoms with Crippen LogP contribution in [0, 0.1) is 0 Å². The average Bonchev–Trinajstić information content (AvgIpc) is 2.04. The van der Waals surface area contributed by atoms with Crippen LogP contribution in [0.5, 0.6) is 0 Å². The van der Waals surface area contributed by atoms with Gasteiger partial charge < -0.3 is 5.73 Å². The second-order valence-corrected chi connectivity index (χ2v) is 2.52. The summed E-state index contributed by atoms with van der Waals surface area (Å²) in [6.45, 7) is 1.96. The highest BCUT2D eigenvalue weighted by molar-refractivity contribution is 5.47. The number of para-hydroxylation sites is 1. The summed E-state index contributed by atoms with van der Waals surface area (Å²) in [4.78, 5) is 0. The molecule has 1 atom stereocenters. The lowest BCUT2D eigenvalue weighted by molar-refractivity contribution is 0.604. The molecular formula is C8H13N3. The summed E-state index contributed by atoms with van der Waals surface area (Å²) >= 11 is 0. The van der Waals surface area contributed by atoms with Crippen molar-refractivity contribution in [2.45, 2.75) is 13.0 Å². The van der Waals surface area contributed by atoms with Gasteiger partial charge in [-0.2, -0.15) is 0 Å². The molecule has 0 saturated heterocycles. The van der Waals surface area contributed by atoms with E-state index in [-0.39, 0.29) is 6.04 Å². The molecule has 0 bridgehead atoms. The molecule has 0 fully saturated rings. The molecular weight excluding hydrogens is 138 g/mol.